The molecule has 3 unspecified atom stereocenters. The zero-order chi connectivity index (χ0) is 15.4. The fourth-order valence-corrected chi connectivity index (χ4v) is 3.95. The molecule has 3 rings (SSSR count). The molecule has 0 spiro atoms. The number of benzene rings is 1. The van der Waals surface area contributed by atoms with Gasteiger partial charge in [0.05, 0.1) is 6.10 Å². The van der Waals surface area contributed by atoms with Crippen molar-refractivity contribution in [1.82, 2.24) is 10.2 Å². The molecule has 122 valence electrons. The Balaban J connectivity index is 1.67. The van der Waals surface area contributed by atoms with Gasteiger partial charge < -0.3 is 10.1 Å². The van der Waals surface area contributed by atoms with E-state index in [1.807, 2.05) is 6.07 Å². The van der Waals surface area contributed by atoms with Gasteiger partial charge in [-0.2, -0.15) is 0 Å². The highest BCUT2D eigenvalue weighted by Gasteiger charge is 2.29. The number of halogens is 1. The first kappa shape index (κ1) is 16.3. The molecular weight excluding hydrogens is 296 g/mol. The van der Waals surface area contributed by atoms with Gasteiger partial charge in [0.25, 0.3) is 0 Å². The molecule has 0 radical (unpaired) electrons. The average Bonchev–Trinajstić information content (AvgIpc) is 2.55. The summed E-state index contributed by atoms with van der Waals surface area (Å²) in [7, 11) is 0. The second-order valence-corrected chi connectivity index (χ2v) is 7.00. The van der Waals surface area contributed by atoms with Crippen LogP contribution in [0.2, 0.25) is 5.02 Å². The van der Waals surface area contributed by atoms with Gasteiger partial charge in [0.15, 0.2) is 0 Å². The first-order valence-corrected chi connectivity index (χ1v) is 8.96. The predicted molar refractivity (Wildman–Crippen MR) is 91.4 cm³/mol. The van der Waals surface area contributed by atoms with Crippen molar-refractivity contribution in [3.8, 4) is 0 Å². The highest BCUT2D eigenvalue weighted by atomic mass is 35.5. The van der Waals surface area contributed by atoms with E-state index in [1.165, 1.54) is 24.9 Å². The third-order valence-corrected chi connectivity index (χ3v) is 5.25. The smallest absolute Gasteiger partial charge is 0.0575 e. The lowest BCUT2D eigenvalue weighted by Crippen LogP contribution is -2.48. The average molecular weight is 323 g/mol. The molecule has 0 aromatic heterocycles. The molecule has 2 heterocycles. The third-order valence-electron chi connectivity index (χ3n) is 5.01. The van der Waals surface area contributed by atoms with Gasteiger partial charge in [-0.3, -0.25) is 4.90 Å². The van der Waals surface area contributed by atoms with E-state index in [4.69, 9.17) is 16.3 Å². The van der Waals surface area contributed by atoms with Gasteiger partial charge in [-0.25, -0.2) is 0 Å². The molecule has 4 heteroatoms. The highest BCUT2D eigenvalue weighted by Crippen LogP contribution is 2.29. The molecule has 1 aromatic carbocycles. The number of piperazine rings is 1. The van der Waals surface area contributed by atoms with E-state index < -0.39 is 0 Å². The van der Waals surface area contributed by atoms with Crippen molar-refractivity contribution in [2.24, 2.45) is 5.92 Å². The molecule has 0 bridgehead atoms. The second kappa shape index (κ2) is 7.78. The maximum absolute atomic E-state index is 6.19. The van der Waals surface area contributed by atoms with Crippen molar-refractivity contribution in [2.75, 3.05) is 32.8 Å². The maximum Gasteiger partial charge on any atom is 0.0575 e. The fraction of sp³-hybridized carbons (Fsp3) is 0.667. The Morgan fingerprint density at radius 3 is 3.14 bits per heavy atom. The Labute approximate surface area is 139 Å². The van der Waals surface area contributed by atoms with Crippen LogP contribution in [0.15, 0.2) is 24.3 Å². The molecule has 1 N–H and O–H groups in total. The van der Waals surface area contributed by atoms with Crippen molar-refractivity contribution in [3.05, 3.63) is 34.9 Å². The van der Waals surface area contributed by atoms with Crippen LogP contribution in [0, 0.1) is 5.92 Å². The molecule has 0 amide bonds. The van der Waals surface area contributed by atoms with Crippen LogP contribution in [0.4, 0.5) is 0 Å². The summed E-state index contributed by atoms with van der Waals surface area (Å²) in [5.41, 5.74) is 1.33. The molecule has 0 aliphatic carbocycles. The largest absolute Gasteiger partial charge is 0.378 e. The van der Waals surface area contributed by atoms with Crippen molar-refractivity contribution in [1.29, 1.82) is 0 Å². The Hall–Kier alpha value is -0.610. The minimum Gasteiger partial charge on any atom is -0.378 e. The van der Waals surface area contributed by atoms with Crippen molar-refractivity contribution in [2.45, 2.75) is 38.3 Å². The Morgan fingerprint density at radius 2 is 2.32 bits per heavy atom. The number of nitrogens with zero attached hydrogens (tertiary/aromatic N) is 1. The molecular formula is C18H27ClN2O. The summed E-state index contributed by atoms with van der Waals surface area (Å²) in [6.07, 6.45) is 4.01. The van der Waals surface area contributed by atoms with Gasteiger partial charge in [0.2, 0.25) is 0 Å². The minimum atomic E-state index is 0.440. The number of nitrogens with one attached hydrogen (secondary N) is 1. The minimum absolute atomic E-state index is 0.440. The van der Waals surface area contributed by atoms with Crippen LogP contribution in [0.25, 0.3) is 0 Å². The maximum atomic E-state index is 6.19. The zero-order valence-electron chi connectivity index (χ0n) is 13.4. The van der Waals surface area contributed by atoms with Crippen molar-refractivity contribution in [3.63, 3.8) is 0 Å². The van der Waals surface area contributed by atoms with Gasteiger partial charge in [-0.15, -0.1) is 0 Å². The number of rotatable bonds is 4. The van der Waals surface area contributed by atoms with Crippen LogP contribution in [-0.4, -0.2) is 43.8 Å². The Bertz CT molecular complexity index is 482. The predicted octanol–water partition coefficient (Wildman–Crippen LogP) is 3.49. The topological polar surface area (TPSA) is 24.5 Å². The van der Waals surface area contributed by atoms with E-state index >= 15 is 0 Å². The molecule has 0 saturated carbocycles. The van der Waals surface area contributed by atoms with E-state index in [2.05, 4.69) is 35.3 Å². The lowest BCUT2D eigenvalue weighted by molar-refractivity contribution is -0.0223. The SMILES string of the molecule is CCC1CC(CN2CCNCC2c2cccc(Cl)c2)CCO1. The normalized spacial score (nSPS) is 30.4. The van der Waals surface area contributed by atoms with E-state index in [-0.39, 0.29) is 0 Å². The van der Waals surface area contributed by atoms with Gasteiger partial charge in [-0.1, -0.05) is 30.7 Å². The highest BCUT2D eigenvalue weighted by molar-refractivity contribution is 6.30. The van der Waals surface area contributed by atoms with Gasteiger partial charge in [-0.05, 0) is 42.9 Å². The summed E-state index contributed by atoms with van der Waals surface area (Å²) in [6, 6.07) is 8.78. The summed E-state index contributed by atoms with van der Waals surface area (Å²) < 4.78 is 5.83. The van der Waals surface area contributed by atoms with Crippen LogP contribution in [0.1, 0.15) is 37.8 Å². The molecule has 22 heavy (non-hydrogen) atoms. The van der Waals surface area contributed by atoms with Crippen LogP contribution in [0.3, 0.4) is 0 Å². The van der Waals surface area contributed by atoms with E-state index in [0.29, 0.717) is 12.1 Å². The number of hydrogen-bond acceptors (Lipinski definition) is 3. The second-order valence-electron chi connectivity index (χ2n) is 6.56. The fourth-order valence-electron chi connectivity index (χ4n) is 3.75. The van der Waals surface area contributed by atoms with Gasteiger partial charge in [0, 0.05) is 43.9 Å². The van der Waals surface area contributed by atoms with Crippen LogP contribution in [-0.2, 0) is 4.74 Å². The standard InChI is InChI=1S/C18H27ClN2O/c1-2-17-10-14(6-9-22-17)13-21-8-7-20-12-18(21)15-4-3-5-16(19)11-15/h3-5,11,14,17-18,20H,2,6-10,12-13H2,1H3. The van der Waals surface area contributed by atoms with Crippen LogP contribution < -0.4 is 5.32 Å². The Kier molecular flexibility index (Phi) is 5.75. The molecule has 2 aliphatic heterocycles. The zero-order valence-corrected chi connectivity index (χ0v) is 14.2. The number of hydrogen-bond donors (Lipinski definition) is 1. The molecule has 3 nitrogen and oxygen atoms in total. The first-order valence-electron chi connectivity index (χ1n) is 8.58. The first-order chi connectivity index (χ1) is 10.8. The van der Waals surface area contributed by atoms with Crippen LogP contribution in [0.5, 0.6) is 0 Å². The monoisotopic (exact) mass is 322 g/mol. The van der Waals surface area contributed by atoms with E-state index in [9.17, 15) is 0 Å². The third kappa shape index (κ3) is 4.02. The quantitative estimate of drug-likeness (QED) is 0.918. The van der Waals surface area contributed by atoms with Gasteiger partial charge >= 0.3 is 0 Å². The van der Waals surface area contributed by atoms with Gasteiger partial charge in [0.1, 0.15) is 0 Å². The lowest BCUT2D eigenvalue weighted by atomic mass is 9.92. The summed E-state index contributed by atoms with van der Waals surface area (Å²) in [5, 5.41) is 4.36. The summed E-state index contributed by atoms with van der Waals surface area (Å²) in [6.45, 7) is 7.55. The molecule has 2 aliphatic rings. The summed E-state index contributed by atoms with van der Waals surface area (Å²) in [5.74, 6) is 0.762. The molecule has 1 aromatic rings. The lowest BCUT2D eigenvalue weighted by Gasteiger charge is -2.40. The number of ether oxygens (including phenoxy) is 1. The molecule has 2 fully saturated rings. The summed E-state index contributed by atoms with van der Waals surface area (Å²) in [4.78, 5) is 2.64. The van der Waals surface area contributed by atoms with Crippen molar-refractivity contribution < 1.29 is 4.74 Å². The molecule has 2 saturated heterocycles. The van der Waals surface area contributed by atoms with Crippen molar-refractivity contribution >= 4 is 11.6 Å². The van der Waals surface area contributed by atoms with Crippen LogP contribution >= 0.6 is 11.6 Å². The van der Waals surface area contributed by atoms with E-state index in [0.717, 1.165) is 43.6 Å². The summed E-state index contributed by atoms with van der Waals surface area (Å²) >= 11 is 6.19. The van der Waals surface area contributed by atoms with E-state index in [1.54, 1.807) is 0 Å². The molecule has 3 atom stereocenters. The Morgan fingerprint density at radius 1 is 1.41 bits per heavy atom.